The van der Waals surface area contributed by atoms with Gasteiger partial charge in [0.25, 0.3) is 5.91 Å². The lowest BCUT2D eigenvalue weighted by Gasteiger charge is -2.09. The van der Waals surface area contributed by atoms with E-state index in [9.17, 15) is 4.79 Å². The Balaban J connectivity index is 1.76. The van der Waals surface area contributed by atoms with Crippen molar-refractivity contribution in [3.8, 4) is 17.1 Å². The highest BCUT2D eigenvalue weighted by atomic mass is 35.5. The smallest absolute Gasteiger partial charge is 0.295 e. The Hall–Kier alpha value is -3.44. The lowest BCUT2D eigenvalue weighted by atomic mass is 10.1. The third-order valence-corrected chi connectivity index (χ3v) is 5.26. The van der Waals surface area contributed by atoms with E-state index in [0.29, 0.717) is 16.5 Å². The molecule has 150 valence electrons. The molecular formula is C24H21ClN4O. The van der Waals surface area contributed by atoms with Gasteiger partial charge in [0.15, 0.2) is 5.82 Å². The highest BCUT2D eigenvalue weighted by Gasteiger charge is 2.20. The number of nitrogens with one attached hydrogen (secondary N) is 1. The highest BCUT2D eigenvalue weighted by molar-refractivity contribution is 6.31. The highest BCUT2D eigenvalue weighted by Crippen LogP contribution is 2.25. The number of amides is 1. The quantitative estimate of drug-likeness (QED) is 0.459. The fraction of sp³-hybridized carbons (Fsp3) is 0.125. The van der Waals surface area contributed by atoms with E-state index in [1.165, 1.54) is 0 Å². The fourth-order valence-electron chi connectivity index (χ4n) is 3.25. The summed E-state index contributed by atoms with van der Waals surface area (Å²) in [5.41, 5.74) is 5.51. The molecule has 0 bridgehead atoms. The van der Waals surface area contributed by atoms with Crippen molar-refractivity contribution >= 4 is 23.2 Å². The van der Waals surface area contributed by atoms with Crippen LogP contribution in [0.25, 0.3) is 17.1 Å². The Bertz CT molecular complexity index is 1230. The second kappa shape index (κ2) is 8.13. The first-order valence-electron chi connectivity index (χ1n) is 9.60. The molecule has 0 saturated heterocycles. The molecule has 0 aliphatic rings. The average Bonchev–Trinajstić information content (AvgIpc) is 3.17. The standard InChI is InChI=1S/C24H21ClN4O/c1-15-9-12-21(17(3)13-15)29-23(18-7-5-4-6-8-18)27-22(28-29)24(30)26-19-11-10-16(2)20(25)14-19/h4-14H,1-3H3,(H,26,30). The zero-order chi connectivity index (χ0) is 21.3. The van der Waals surface area contributed by atoms with Gasteiger partial charge in [0, 0.05) is 16.3 Å². The molecule has 0 radical (unpaired) electrons. The molecule has 0 spiro atoms. The van der Waals surface area contributed by atoms with Crippen molar-refractivity contribution in [2.24, 2.45) is 0 Å². The molecule has 4 rings (SSSR count). The third kappa shape index (κ3) is 3.98. The zero-order valence-corrected chi connectivity index (χ0v) is 17.7. The summed E-state index contributed by atoms with van der Waals surface area (Å²) in [5, 5.41) is 7.97. The van der Waals surface area contributed by atoms with Gasteiger partial charge in [-0.3, -0.25) is 4.79 Å². The SMILES string of the molecule is Cc1ccc(-n2nc(C(=O)Nc3ccc(C)c(Cl)c3)nc2-c2ccccc2)c(C)c1. The number of hydrogen-bond donors (Lipinski definition) is 1. The molecule has 3 aromatic carbocycles. The minimum absolute atomic E-state index is 0.0884. The second-order valence-corrected chi connectivity index (χ2v) is 7.65. The molecule has 1 N–H and O–H groups in total. The maximum Gasteiger partial charge on any atom is 0.295 e. The van der Waals surface area contributed by atoms with Crippen molar-refractivity contribution < 1.29 is 4.79 Å². The second-order valence-electron chi connectivity index (χ2n) is 7.24. The molecule has 1 amide bonds. The van der Waals surface area contributed by atoms with Gasteiger partial charge in [-0.1, -0.05) is 65.7 Å². The van der Waals surface area contributed by atoms with Gasteiger partial charge in [0.05, 0.1) is 5.69 Å². The Morgan fingerprint density at radius 2 is 1.70 bits per heavy atom. The summed E-state index contributed by atoms with van der Waals surface area (Å²) in [6.45, 7) is 5.97. The van der Waals surface area contributed by atoms with E-state index in [0.717, 1.165) is 27.9 Å². The molecule has 1 aromatic heterocycles. The number of rotatable bonds is 4. The predicted molar refractivity (Wildman–Crippen MR) is 120 cm³/mol. The Morgan fingerprint density at radius 1 is 0.933 bits per heavy atom. The normalized spacial score (nSPS) is 10.8. The summed E-state index contributed by atoms with van der Waals surface area (Å²) < 4.78 is 1.72. The number of carbonyl (C=O) groups excluding carboxylic acids is 1. The van der Waals surface area contributed by atoms with Gasteiger partial charge in [-0.05, 0) is 50.1 Å². The van der Waals surface area contributed by atoms with Crippen LogP contribution >= 0.6 is 11.6 Å². The van der Waals surface area contributed by atoms with E-state index in [4.69, 9.17) is 11.6 Å². The van der Waals surface area contributed by atoms with Crippen LogP contribution in [0.4, 0.5) is 5.69 Å². The van der Waals surface area contributed by atoms with Crippen LogP contribution in [0.2, 0.25) is 5.02 Å². The lowest BCUT2D eigenvalue weighted by molar-refractivity contribution is 0.101. The van der Waals surface area contributed by atoms with Gasteiger partial charge in [-0.15, -0.1) is 5.10 Å². The van der Waals surface area contributed by atoms with Gasteiger partial charge >= 0.3 is 0 Å². The Kier molecular flexibility index (Phi) is 5.38. The summed E-state index contributed by atoms with van der Waals surface area (Å²) in [5.74, 6) is 0.302. The number of hydrogen-bond acceptors (Lipinski definition) is 3. The van der Waals surface area contributed by atoms with Crippen molar-refractivity contribution in [1.82, 2.24) is 14.8 Å². The number of anilines is 1. The minimum atomic E-state index is -0.393. The maximum absolute atomic E-state index is 12.9. The first-order chi connectivity index (χ1) is 14.4. The van der Waals surface area contributed by atoms with Gasteiger partial charge in [0.1, 0.15) is 0 Å². The van der Waals surface area contributed by atoms with Gasteiger partial charge in [0.2, 0.25) is 5.82 Å². The molecular weight excluding hydrogens is 396 g/mol. The van der Waals surface area contributed by atoms with Crippen molar-refractivity contribution in [2.45, 2.75) is 20.8 Å². The summed E-state index contributed by atoms with van der Waals surface area (Å²) in [6, 6.07) is 21.2. The number of halogens is 1. The number of nitrogens with zero attached hydrogens (tertiary/aromatic N) is 3. The van der Waals surface area contributed by atoms with Crippen molar-refractivity contribution in [2.75, 3.05) is 5.32 Å². The summed E-state index contributed by atoms with van der Waals surface area (Å²) in [6.07, 6.45) is 0. The van der Waals surface area contributed by atoms with Crippen molar-refractivity contribution in [3.05, 3.63) is 94.3 Å². The third-order valence-electron chi connectivity index (χ3n) is 4.85. The zero-order valence-electron chi connectivity index (χ0n) is 17.0. The number of carbonyl (C=O) groups is 1. The first-order valence-corrected chi connectivity index (χ1v) is 9.98. The van der Waals surface area contributed by atoms with Crippen LogP contribution in [-0.4, -0.2) is 20.7 Å². The molecule has 6 heteroatoms. The minimum Gasteiger partial charge on any atom is -0.319 e. The Labute approximate surface area is 180 Å². The molecule has 0 unspecified atom stereocenters. The van der Waals surface area contributed by atoms with Crippen LogP contribution in [-0.2, 0) is 0 Å². The van der Waals surface area contributed by atoms with E-state index in [2.05, 4.69) is 21.5 Å². The van der Waals surface area contributed by atoms with Gasteiger partial charge in [-0.2, -0.15) is 0 Å². The molecule has 0 aliphatic carbocycles. The van der Waals surface area contributed by atoms with E-state index in [1.54, 1.807) is 16.8 Å². The average molecular weight is 417 g/mol. The summed E-state index contributed by atoms with van der Waals surface area (Å²) in [4.78, 5) is 17.4. The van der Waals surface area contributed by atoms with Crippen LogP contribution in [0.1, 0.15) is 27.3 Å². The molecule has 0 saturated carbocycles. The Morgan fingerprint density at radius 3 is 2.40 bits per heavy atom. The molecule has 5 nitrogen and oxygen atoms in total. The van der Waals surface area contributed by atoms with E-state index < -0.39 is 5.91 Å². The molecule has 0 fully saturated rings. The fourth-order valence-corrected chi connectivity index (χ4v) is 3.43. The number of aromatic nitrogens is 3. The first kappa shape index (κ1) is 19.9. The topological polar surface area (TPSA) is 59.8 Å². The van der Waals surface area contributed by atoms with Crippen LogP contribution < -0.4 is 5.32 Å². The summed E-state index contributed by atoms with van der Waals surface area (Å²) in [7, 11) is 0. The van der Waals surface area contributed by atoms with Crippen molar-refractivity contribution in [1.29, 1.82) is 0 Å². The van der Waals surface area contributed by atoms with Crippen LogP contribution in [0.15, 0.2) is 66.7 Å². The van der Waals surface area contributed by atoms with Crippen molar-refractivity contribution in [3.63, 3.8) is 0 Å². The van der Waals surface area contributed by atoms with E-state index in [-0.39, 0.29) is 5.82 Å². The molecule has 0 aliphatic heterocycles. The summed E-state index contributed by atoms with van der Waals surface area (Å²) >= 11 is 6.18. The largest absolute Gasteiger partial charge is 0.319 e. The van der Waals surface area contributed by atoms with Gasteiger partial charge < -0.3 is 5.32 Å². The number of benzene rings is 3. The molecule has 1 heterocycles. The number of aryl methyl sites for hydroxylation is 3. The van der Waals surface area contributed by atoms with E-state index >= 15 is 0 Å². The maximum atomic E-state index is 12.9. The van der Waals surface area contributed by atoms with E-state index in [1.807, 2.05) is 69.3 Å². The predicted octanol–water partition coefficient (Wildman–Crippen LogP) is 5.77. The monoisotopic (exact) mass is 416 g/mol. The molecule has 0 atom stereocenters. The molecule has 30 heavy (non-hydrogen) atoms. The van der Waals surface area contributed by atoms with Crippen LogP contribution in [0.5, 0.6) is 0 Å². The van der Waals surface area contributed by atoms with Crippen LogP contribution in [0, 0.1) is 20.8 Å². The van der Waals surface area contributed by atoms with Gasteiger partial charge in [-0.25, -0.2) is 9.67 Å². The lowest BCUT2D eigenvalue weighted by Crippen LogP contribution is -2.14. The molecule has 4 aromatic rings. The van der Waals surface area contributed by atoms with Crippen LogP contribution in [0.3, 0.4) is 0 Å².